The summed E-state index contributed by atoms with van der Waals surface area (Å²) in [6, 6.07) is 22.2. The lowest BCUT2D eigenvalue weighted by atomic mass is 9.92. The van der Waals surface area contributed by atoms with Gasteiger partial charge < -0.3 is 10.0 Å². The SMILES string of the molecule is CN(c1ccccc1)S(=O)(=O)c1cccc(C(=O)N2CCc3ccccc3C2CO)c1. The quantitative estimate of drug-likeness (QED) is 0.666. The second kappa shape index (κ2) is 8.53. The molecule has 1 aliphatic heterocycles. The molecule has 0 bridgehead atoms. The zero-order valence-corrected chi connectivity index (χ0v) is 18.0. The maximum Gasteiger partial charge on any atom is 0.264 e. The lowest BCUT2D eigenvalue weighted by Crippen LogP contribution is -2.41. The van der Waals surface area contributed by atoms with Crippen molar-refractivity contribution in [3.63, 3.8) is 0 Å². The van der Waals surface area contributed by atoms with Gasteiger partial charge in [0.25, 0.3) is 15.9 Å². The van der Waals surface area contributed by atoms with Crippen molar-refractivity contribution in [3.05, 3.63) is 95.6 Å². The van der Waals surface area contributed by atoms with E-state index in [4.69, 9.17) is 0 Å². The van der Waals surface area contributed by atoms with Crippen molar-refractivity contribution >= 4 is 21.6 Å². The number of para-hydroxylation sites is 1. The van der Waals surface area contributed by atoms with Gasteiger partial charge in [-0.2, -0.15) is 0 Å². The fraction of sp³-hybridized carbons (Fsp3) is 0.208. The number of hydrogen-bond donors (Lipinski definition) is 1. The number of aliphatic hydroxyl groups excluding tert-OH is 1. The first-order chi connectivity index (χ1) is 14.9. The van der Waals surface area contributed by atoms with Gasteiger partial charge in [0.2, 0.25) is 0 Å². The minimum absolute atomic E-state index is 0.0441. The van der Waals surface area contributed by atoms with E-state index in [9.17, 15) is 18.3 Å². The van der Waals surface area contributed by atoms with Gasteiger partial charge in [0.05, 0.1) is 23.2 Å². The lowest BCUT2D eigenvalue weighted by Gasteiger charge is -2.36. The van der Waals surface area contributed by atoms with Gasteiger partial charge in [-0.3, -0.25) is 9.10 Å². The number of carbonyl (C=O) groups excluding carboxylic acids is 1. The second-order valence-corrected chi connectivity index (χ2v) is 9.45. The third-order valence-electron chi connectivity index (χ3n) is 5.71. The number of anilines is 1. The highest BCUT2D eigenvalue weighted by atomic mass is 32.2. The van der Waals surface area contributed by atoms with Crippen molar-refractivity contribution in [1.29, 1.82) is 0 Å². The molecule has 6 nitrogen and oxygen atoms in total. The van der Waals surface area contributed by atoms with Crippen LogP contribution in [0.4, 0.5) is 5.69 Å². The van der Waals surface area contributed by atoms with Crippen molar-refractivity contribution in [2.24, 2.45) is 0 Å². The Morgan fingerprint density at radius 3 is 2.48 bits per heavy atom. The van der Waals surface area contributed by atoms with Crippen LogP contribution in [0.3, 0.4) is 0 Å². The molecule has 0 saturated heterocycles. The monoisotopic (exact) mass is 436 g/mol. The van der Waals surface area contributed by atoms with Crippen LogP contribution >= 0.6 is 0 Å². The highest BCUT2D eigenvalue weighted by molar-refractivity contribution is 7.92. The summed E-state index contributed by atoms with van der Waals surface area (Å²) in [5, 5.41) is 9.99. The zero-order chi connectivity index (χ0) is 22.0. The number of aliphatic hydroxyl groups is 1. The van der Waals surface area contributed by atoms with Crippen LogP contribution in [0.2, 0.25) is 0 Å². The number of hydrogen-bond acceptors (Lipinski definition) is 4. The van der Waals surface area contributed by atoms with Crippen LogP contribution in [0.25, 0.3) is 0 Å². The van der Waals surface area contributed by atoms with E-state index in [1.165, 1.54) is 23.5 Å². The first kappa shape index (κ1) is 21.1. The van der Waals surface area contributed by atoms with Crippen molar-refractivity contribution in [3.8, 4) is 0 Å². The van der Waals surface area contributed by atoms with Gasteiger partial charge in [0.15, 0.2) is 0 Å². The average molecular weight is 437 g/mol. The molecule has 0 saturated carbocycles. The maximum absolute atomic E-state index is 13.3. The van der Waals surface area contributed by atoms with Gasteiger partial charge in [-0.25, -0.2) is 8.42 Å². The number of amides is 1. The molecule has 1 N–H and O–H groups in total. The summed E-state index contributed by atoms with van der Waals surface area (Å²) in [6.45, 7) is 0.263. The smallest absolute Gasteiger partial charge is 0.264 e. The average Bonchev–Trinajstić information content (AvgIpc) is 2.82. The molecule has 0 radical (unpaired) electrons. The molecule has 0 spiro atoms. The highest BCUT2D eigenvalue weighted by Crippen LogP contribution is 2.31. The molecule has 3 aromatic rings. The summed E-state index contributed by atoms with van der Waals surface area (Å²) in [5.74, 6) is -0.298. The van der Waals surface area contributed by atoms with Crippen LogP contribution in [0.1, 0.15) is 27.5 Å². The van der Waals surface area contributed by atoms with Crippen LogP contribution in [0, 0.1) is 0 Å². The molecule has 1 aliphatic rings. The van der Waals surface area contributed by atoms with Crippen molar-refractivity contribution in [2.75, 3.05) is 24.5 Å². The largest absolute Gasteiger partial charge is 0.394 e. The Morgan fingerprint density at radius 1 is 1.03 bits per heavy atom. The Morgan fingerprint density at radius 2 is 1.74 bits per heavy atom. The van der Waals surface area contributed by atoms with Gasteiger partial charge in [0, 0.05) is 19.2 Å². The summed E-state index contributed by atoms with van der Waals surface area (Å²) in [4.78, 5) is 15.0. The molecule has 1 heterocycles. The van der Waals surface area contributed by atoms with Gasteiger partial charge in [-0.15, -0.1) is 0 Å². The predicted octanol–water partition coefficient (Wildman–Crippen LogP) is 3.24. The molecule has 7 heteroatoms. The third-order valence-corrected chi connectivity index (χ3v) is 7.49. The molecule has 0 aliphatic carbocycles. The van der Waals surface area contributed by atoms with Gasteiger partial charge in [-0.05, 0) is 47.9 Å². The standard InChI is InChI=1S/C24H24N2O4S/c1-25(20-10-3-2-4-11-20)31(29,30)21-12-7-9-19(16-21)24(28)26-15-14-18-8-5-6-13-22(18)23(26)17-27/h2-13,16,23,27H,14-15,17H2,1H3. The molecule has 1 unspecified atom stereocenters. The van der Waals surface area contributed by atoms with E-state index < -0.39 is 16.1 Å². The first-order valence-electron chi connectivity index (χ1n) is 10.1. The summed E-state index contributed by atoms with van der Waals surface area (Å²) in [5.41, 5.74) is 2.86. The number of sulfonamides is 1. The fourth-order valence-electron chi connectivity index (χ4n) is 3.98. The van der Waals surface area contributed by atoms with E-state index >= 15 is 0 Å². The summed E-state index contributed by atoms with van der Waals surface area (Å²) >= 11 is 0. The highest BCUT2D eigenvalue weighted by Gasteiger charge is 2.31. The molecular weight excluding hydrogens is 412 g/mol. The Hall–Kier alpha value is -3.16. The van der Waals surface area contributed by atoms with E-state index in [1.54, 1.807) is 41.3 Å². The van der Waals surface area contributed by atoms with Gasteiger partial charge >= 0.3 is 0 Å². The van der Waals surface area contributed by atoms with Gasteiger partial charge in [-0.1, -0.05) is 48.5 Å². The number of benzene rings is 3. The number of rotatable bonds is 5. The molecule has 4 rings (SSSR count). The number of carbonyl (C=O) groups is 1. The summed E-state index contributed by atoms with van der Waals surface area (Å²) in [7, 11) is -2.34. The number of nitrogens with zero attached hydrogens (tertiary/aromatic N) is 2. The van der Waals surface area contributed by atoms with E-state index in [1.807, 2.05) is 30.3 Å². The third kappa shape index (κ3) is 3.94. The van der Waals surface area contributed by atoms with Crippen molar-refractivity contribution in [1.82, 2.24) is 4.90 Å². The molecule has 1 amide bonds. The summed E-state index contributed by atoms with van der Waals surface area (Å²) < 4.78 is 27.5. The fourth-order valence-corrected chi connectivity index (χ4v) is 5.22. The molecule has 0 fully saturated rings. The number of fused-ring (bicyclic) bond motifs is 1. The van der Waals surface area contributed by atoms with Crippen LogP contribution in [0.15, 0.2) is 83.8 Å². The Labute approximate surface area is 182 Å². The molecule has 3 aromatic carbocycles. The zero-order valence-electron chi connectivity index (χ0n) is 17.2. The molecule has 160 valence electrons. The van der Waals surface area contributed by atoms with Crippen molar-refractivity contribution < 1.29 is 18.3 Å². The van der Waals surface area contributed by atoms with E-state index in [2.05, 4.69) is 0 Å². The van der Waals surface area contributed by atoms with Crippen LogP contribution in [-0.4, -0.2) is 44.5 Å². The van der Waals surface area contributed by atoms with E-state index in [-0.39, 0.29) is 23.0 Å². The Bertz CT molecular complexity index is 1190. The van der Waals surface area contributed by atoms with Crippen LogP contribution in [0.5, 0.6) is 0 Å². The maximum atomic E-state index is 13.3. The normalized spacial score (nSPS) is 15.9. The minimum atomic E-state index is -3.83. The predicted molar refractivity (Wildman–Crippen MR) is 119 cm³/mol. The molecular formula is C24H24N2O4S. The molecule has 31 heavy (non-hydrogen) atoms. The van der Waals surface area contributed by atoms with Gasteiger partial charge in [0.1, 0.15) is 0 Å². The van der Waals surface area contributed by atoms with Crippen LogP contribution < -0.4 is 4.31 Å². The topological polar surface area (TPSA) is 77.9 Å². The van der Waals surface area contributed by atoms with E-state index in [0.29, 0.717) is 18.7 Å². The second-order valence-electron chi connectivity index (χ2n) is 7.48. The Kier molecular flexibility index (Phi) is 5.80. The summed E-state index contributed by atoms with van der Waals surface area (Å²) in [6.07, 6.45) is 0.688. The van der Waals surface area contributed by atoms with Crippen molar-refractivity contribution in [2.45, 2.75) is 17.4 Å². The first-order valence-corrected chi connectivity index (χ1v) is 11.5. The van der Waals surface area contributed by atoms with Crippen LogP contribution in [-0.2, 0) is 16.4 Å². The lowest BCUT2D eigenvalue weighted by molar-refractivity contribution is 0.0568. The molecule has 0 aromatic heterocycles. The Balaban J connectivity index is 1.65. The molecule has 1 atom stereocenters. The van der Waals surface area contributed by atoms with E-state index in [0.717, 1.165) is 11.1 Å². The minimum Gasteiger partial charge on any atom is -0.394 e.